The van der Waals surface area contributed by atoms with Crippen LogP contribution in [-0.2, 0) is 0 Å². The molecule has 2 atom stereocenters. The van der Waals surface area contributed by atoms with E-state index in [2.05, 4.69) is 19.2 Å². The molecule has 1 saturated heterocycles. The lowest BCUT2D eigenvalue weighted by Gasteiger charge is -2.57. The van der Waals surface area contributed by atoms with Crippen molar-refractivity contribution in [3.8, 4) is 0 Å². The second-order valence-corrected chi connectivity index (χ2v) is 7.31. The molecule has 1 N–H and O–H groups in total. The van der Waals surface area contributed by atoms with Crippen molar-refractivity contribution in [2.75, 3.05) is 13.1 Å². The zero-order valence-electron chi connectivity index (χ0n) is 12.7. The lowest BCUT2D eigenvalue weighted by molar-refractivity contribution is -0.0320. The molecule has 20 heavy (non-hydrogen) atoms. The van der Waals surface area contributed by atoms with E-state index < -0.39 is 0 Å². The zero-order chi connectivity index (χ0) is 14.2. The first kappa shape index (κ1) is 14.1. The fourth-order valence-electron chi connectivity index (χ4n) is 4.76. The van der Waals surface area contributed by atoms with E-state index in [0.29, 0.717) is 16.7 Å². The molecule has 2 aliphatic rings. The molecule has 2 heteroatoms. The standard InChI is InChI=1S/C18H26FN/c1-17(2)9-3-4-10-18(17)11-12-20-13-16(18)14-5-7-15(19)8-6-14/h5-8,16,20H,3-4,9-13H2,1-2H3. The Balaban J connectivity index is 2.00. The van der Waals surface area contributed by atoms with Gasteiger partial charge >= 0.3 is 0 Å². The van der Waals surface area contributed by atoms with Gasteiger partial charge in [-0.1, -0.05) is 38.8 Å². The molecular weight excluding hydrogens is 249 g/mol. The van der Waals surface area contributed by atoms with Crippen LogP contribution in [0.15, 0.2) is 24.3 Å². The van der Waals surface area contributed by atoms with Crippen LogP contribution in [0.1, 0.15) is 57.4 Å². The van der Waals surface area contributed by atoms with Crippen LogP contribution in [0.2, 0.25) is 0 Å². The summed E-state index contributed by atoms with van der Waals surface area (Å²) in [6, 6.07) is 7.24. The van der Waals surface area contributed by atoms with Crippen LogP contribution in [0.4, 0.5) is 4.39 Å². The van der Waals surface area contributed by atoms with Crippen molar-refractivity contribution in [2.24, 2.45) is 10.8 Å². The number of nitrogens with one attached hydrogen (secondary N) is 1. The molecule has 0 aromatic heterocycles. The summed E-state index contributed by atoms with van der Waals surface area (Å²) in [4.78, 5) is 0. The summed E-state index contributed by atoms with van der Waals surface area (Å²) in [5, 5.41) is 3.56. The molecule has 2 fully saturated rings. The fraction of sp³-hybridized carbons (Fsp3) is 0.667. The molecule has 1 aliphatic carbocycles. The van der Waals surface area contributed by atoms with Crippen molar-refractivity contribution in [1.82, 2.24) is 5.32 Å². The number of benzene rings is 1. The third-order valence-corrected chi connectivity index (χ3v) is 6.06. The number of rotatable bonds is 1. The van der Waals surface area contributed by atoms with E-state index >= 15 is 0 Å². The van der Waals surface area contributed by atoms with E-state index in [4.69, 9.17) is 0 Å². The van der Waals surface area contributed by atoms with Gasteiger partial charge in [0.25, 0.3) is 0 Å². The largest absolute Gasteiger partial charge is 0.316 e. The second kappa shape index (κ2) is 5.14. The topological polar surface area (TPSA) is 12.0 Å². The fourth-order valence-corrected chi connectivity index (χ4v) is 4.76. The van der Waals surface area contributed by atoms with Crippen LogP contribution < -0.4 is 5.32 Å². The average molecular weight is 275 g/mol. The highest BCUT2D eigenvalue weighted by atomic mass is 19.1. The van der Waals surface area contributed by atoms with Gasteiger partial charge in [-0.2, -0.15) is 0 Å². The zero-order valence-corrected chi connectivity index (χ0v) is 12.7. The summed E-state index contributed by atoms with van der Waals surface area (Å²) in [6.45, 7) is 7.07. The predicted molar refractivity (Wildman–Crippen MR) is 81.3 cm³/mol. The van der Waals surface area contributed by atoms with Crippen molar-refractivity contribution >= 4 is 0 Å². The van der Waals surface area contributed by atoms with Crippen molar-refractivity contribution in [3.63, 3.8) is 0 Å². The van der Waals surface area contributed by atoms with E-state index in [-0.39, 0.29) is 5.82 Å². The van der Waals surface area contributed by atoms with Crippen molar-refractivity contribution in [2.45, 2.75) is 51.9 Å². The molecule has 110 valence electrons. The summed E-state index contributed by atoms with van der Waals surface area (Å²) in [5.74, 6) is 0.390. The summed E-state index contributed by atoms with van der Waals surface area (Å²) >= 11 is 0. The lowest BCUT2D eigenvalue weighted by atomic mass is 9.49. The summed E-state index contributed by atoms with van der Waals surface area (Å²) < 4.78 is 13.2. The monoisotopic (exact) mass is 275 g/mol. The molecule has 1 aromatic rings. The Morgan fingerprint density at radius 3 is 2.45 bits per heavy atom. The summed E-state index contributed by atoms with van der Waals surface area (Å²) in [5.41, 5.74) is 2.08. The molecule has 1 aromatic carbocycles. The molecule has 0 bridgehead atoms. The van der Waals surface area contributed by atoms with Crippen LogP contribution in [0, 0.1) is 16.6 Å². The molecule has 1 heterocycles. The first-order valence-electron chi connectivity index (χ1n) is 8.01. The van der Waals surface area contributed by atoms with Gasteiger partial charge in [0.15, 0.2) is 0 Å². The average Bonchev–Trinajstić information content (AvgIpc) is 2.44. The van der Waals surface area contributed by atoms with Gasteiger partial charge in [0.1, 0.15) is 5.82 Å². The van der Waals surface area contributed by atoms with Gasteiger partial charge < -0.3 is 5.32 Å². The van der Waals surface area contributed by atoms with Crippen LogP contribution in [0.25, 0.3) is 0 Å². The van der Waals surface area contributed by atoms with Gasteiger partial charge in [-0.15, -0.1) is 0 Å². The van der Waals surface area contributed by atoms with Gasteiger partial charge in [0.2, 0.25) is 0 Å². The minimum atomic E-state index is -0.130. The third kappa shape index (κ3) is 2.18. The van der Waals surface area contributed by atoms with Crippen LogP contribution in [0.5, 0.6) is 0 Å². The molecule has 3 rings (SSSR count). The smallest absolute Gasteiger partial charge is 0.123 e. The minimum Gasteiger partial charge on any atom is -0.316 e. The minimum absolute atomic E-state index is 0.130. The Morgan fingerprint density at radius 1 is 1.05 bits per heavy atom. The molecular formula is C18H26FN. The normalized spacial score (nSPS) is 33.2. The lowest BCUT2D eigenvalue weighted by Crippen LogP contribution is -2.53. The maximum atomic E-state index is 13.2. The molecule has 0 amide bonds. The van der Waals surface area contributed by atoms with Crippen LogP contribution >= 0.6 is 0 Å². The maximum Gasteiger partial charge on any atom is 0.123 e. The van der Waals surface area contributed by atoms with Gasteiger partial charge in [0.05, 0.1) is 0 Å². The van der Waals surface area contributed by atoms with Crippen molar-refractivity contribution in [1.29, 1.82) is 0 Å². The number of halogens is 1. The van der Waals surface area contributed by atoms with E-state index in [0.717, 1.165) is 13.1 Å². The maximum absolute atomic E-state index is 13.2. The number of hydrogen-bond acceptors (Lipinski definition) is 1. The quantitative estimate of drug-likeness (QED) is 0.796. The highest BCUT2D eigenvalue weighted by molar-refractivity contribution is 5.26. The van der Waals surface area contributed by atoms with Gasteiger partial charge in [-0.3, -0.25) is 0 Å². The van der Waals surface area contributed by atoms with E-state index in [1.807, 2.05) is 12.1 Å². The molecule has 1 aliphatic heterocycles. The molecule has 2 unspecified atom stereocenters. The summed E-state index contributed by atoms with van der Waals surface area (Å²) in [7, 11) is 0. The Kier molecular flexibility index (Phi) is 3.62. The summed E-state index contributed by atoms with van der Waals surface area (Å²) in [6.07, 6.45) is 6.61. The predicted octanol–water partition coefficient (Wildman–Crippen LogP) is 4.49. The van der Waals surface area contributed by atoms with Crippen LogP contribution in [-0.4, -0.2) is 13.1 Å². The Bertz CT molecular complexity index is 459. The highest BCUT2D eigenvalue weighted by Crippen LogP contribution is 2.60. The molecule has 1 saturated carbocycles. The first-order chi connectivity index (χ1) is 9.55. The first-order valence-corrected chi connectivity index (χ1v) is 8.01. The second-order valence-electron chi connectivity index (χ2n) is 7.31. The van der Waals surface area contributed by atoms with Gasteiger partial charge in [-0.05, 0) is 54.3 Å². The van der Waals surface area contributed by atoms with Crippen molar-refractivity contribution < 1.29 is 4.39 Å². The number of hydrogen-bond donors (Lipinski definition) is 1. The highest BCUT2D eigenvalue weighted by Gasteiger charge is 2.52. The van der Waals surface area contributed by atoms with Gasteiger partial charge in [0, 0.05) is 12.5 Å². The third-order valence-electron chi connectivity index (χ3n) is 6.06. The molecule has 1 spiro atoms. The van der Waals surface area contributed by atoms with E-state index in [1.165, 1.54) is 37.7 Å². The Labute approximate surface area is 122 Å². The van der Waals surface area contributed by atoms with E-state index in [1.54, 1.807) is 12.1 Å². The van der Waals surface area contributed by atoms with Gasteiger partial charge in [-0.25, -0.2) is 4.39 Å². The number of piperidine rings is 1. The molecule has 1 nitrogen and oxygen atoms in total. The molecule has 0 radical (unpaired) electrons. The van der Waals surface area contributed by atoms with Crippen LogP contribution in [0.3, 0.4) is 0 Å². The Morgan fingerprint density at radius 2 is 1.75 bits per heavy atom. The Hall–Kier alpha value is -0.890. The van der Waals surface area contributed by atoms with Crippen molar-refractivity contribution in [3.05, 3.63) is 35.6 Å². The SMILES string of the molecule is CC1(C)CCCCC12CCNCC2c1ccc(F)cc1. The van der Waals surface area contributed by atoms with E-state index in [9.17, 15) is 4.39 Å².